The van der Waals surface area contributed by atoms with Crippen molar-refractivity contribution in [2.45, 2.75) is 37.5 Å². The summed E-state index contributed by atoms with van der Waals surface area (Å²) in [5.41, 5.74) is 2.74. The number of hydrogen-bond donors (Lipinski definition) is 2. The zero-order valence-corrected chi connectivity index (χ0v) is 18.8. The number of carboxylic acid groups (broad SMARTS) is 1. The van der Waals surface area contributed by atoms with E-state index in [0.717, 1.165) is 30.4 Å². The van der Waals surface area contributed by atoms with Crippen molar-refractivity contribution in [2.75, 3.05) is 11.3 Å². The van der Waals surface area contributed by atoms with E-state index in [4.69, 9.17) is 9.84 Å². The van der Waals surface area contributed by atoms with Crippen LogP contribution in [0.3, 0.4) is 0 Å². The molecule has 0 unspecified atom stereocenters. The molecule has 0 aliphatic heterocycles. The molecule has 0 amide bonds. The third kappa shape index (κ3) is 6.59. The first-order valence-electron chi connectivity index (χ1n) is 10.5. The first-order valence-corrected chi connectivity index (χ1v) is 12.0. The van der Waals surface area contributed by atoms with Gasteiger partial charge in [0.2, 0.25) is 0 Å². The summed E-state index contributed by atoms with van der Waals surface area (Å²) in [7, 11) is -3.71. The quantitative estimate of drug-likeness (QED) is 0.392. The van der Waals surface area contributed by atoms with Crippen molar-refractivity contribution in [3.05, 3.63) is 89.5 Å². The second-order valence-electron chi connectivity index (χ2n) is 7.48. The van der Waals surface area contributed by atoms with E-state index in [0.29, 0.717) is 24.5 Å². The number of aryl methyl sites for hydroxylation is 2. The Kier molecular flexibility index (Phi) is 7.89. The number of rotatable bonds is 11. The Balaban J connectivity index is 1.62. The molecule has 32 heavy (non-hydrogen) atoms. The number of aromatic carboxylic acids is 1. The first-order chi connectivity index (χ1) is 15.4. The molecule has 0 atom stereocenters. The molecule has 7 heteroatoms. The summed E-state index contributed by atoms with van der Waals surface area (Å²) in [6, 6.07) is 20.4. The fourth-order valence-electron chi connectivity index (χ4n) is 3.16. The zero-order valence-electron chi connectivity index (χ0n) is 18.0. The normalized spacial score (nSPS) is 11.2. The summed E-state index contributed by atoms with van der Waals surface area (Å²) in [6.45, 7) is 2.69. The third-order valence-corrected chi connectivity index (χ3v) is 6.38. The third-order valence-electron chi connectivity index (χ3n) is 4.98. The lowest BCUT2D eigenvalue weighted by atomic mass is 10.0. The van der Waals surface area contributed by atoms with E-state index in [9.17, 15) is 13.2 Å². The Morgan fingerprint density at radius 1 is 0.938 bits per heavy atom. The Bertz CT molecular complexity index is 1140. The van der Waals surface area contributed by atoms with E-state index >= 15 is 0 Å². The number of ether oxygens (including phenoxy) is 1. The minimum atomic E-state index is -3.71. The number of benzene rings is 3. The molecule has 0 aromatic heterocycles. The summed E-state index contributed by atoms with van der Waals surface area (Å²) in [6.07, 6.45) is 3.40. The largest absolute Gasteiger partial charge is 0.494 e. The lowest BCUT2D eigenvalue weighted by molar-refractivity contribution is 0.0697. The van der Waals surface area contributed by atoms with Crippen molar-refractivity contribution in [2.24, 2.45) is 0 Å². The molecule has 168 valence electrons. The van der Waals surface area contributed by atoms with Crippen LogP contribution in [0.1, 0.15) is 41.3 Å². The maximum Gasteiger partial charge on any atom is 0.335 e. The molecular weight excluding hydrogens is 426 g/mol. The molecule has 0 bridgehead atoms. The van der Waals surface area contributed by atoms with Gasteiger partial charge >= 0.3 is 5.97 Å². The van der Waals surface area contributed by atoms with Crippen LogP contribution < -0.4 is 9.46 Å². The van der Waals surface area contributed by atoms with E-state index in [1.165, 1.54) is 12.1 Å². The van der Waals surface area contributed by atoms with Gasteiger partial charge < -0.3 is 9.84 Å². The topological polar surface area (TPSA) is 92.7 Å². The highest BCUT2D eigenvalue weighted by Gasteiger charge is 2.14. The number of hydrogen-bond acceptors (Lipinski definition) is 4. The van der Waals surface area contributed by atoms with Crippen LogP contribution in [0.25, 0.3) is 0 Å². The molecule has 0 fully saturated rings. The molecule has 2 N–H and O–H groups in total. The summed E-state index contributed by atoms with van der Waals surface area (Å²) < 4.78 is 33.7. The maximum atomic E-state index is 12.8. The average Bonchev–Trinajstić information content (AvgIpc) is 2.78. The smallest absolute Gasteiger partial charge is 0.335 e. The van der Waals surface area contributed by atoms with E-state index in [-0.39, 0.29) is 10.5 Å². The van der Waals surface area contributed by atoms with Crippen molar-refractivity contribution < 1.29 is 23.1 Å². The molecule has 3 rings (SSSR count). The molecule has 0 aliphatic carbocycles. The van der Waals surface area contributed by atoms with Crippen LogP contribution in [0, 0.1) is 0 Å². The van der Waals surface area contributed by atoms with Crippen LogP contribution in [0.2, 0.25) is 0 Å². The monoisotopic (exact) mass is 453 g/mol. The standard InChI is InChI=1S/C25H27NO5S/c1-2-3-17-31-23-13-15-24(16-14-23)32(29,30)26-22-6-4-5-20(18-22)8-7-19-9-11-21(12-10-19)25(27)28/h4-6,9-16,18,26H,2-3,7-8,17H2,1H3,(H,27,28). The number of sulfonamides is 1. The lowest BCUT2D eigenvalue weighted by Crippen LogP contribution is -2.13. The fraction of sp³-hybridized carbons (Fsp3) is 0.240. The minimum Gasteiger partial charge on any atom is -0.494 e. The molecule has 6 nitrogen and oxygen atoms in total. The Morgan fingerprint density at radius 3 is 2.28 bits per heavy atom. The second-order valence-corrected chi connectivity index (χ2v) is 9.16. The molecule has 0 heterocycles. The predicted molar refractivity (Wildman–Crippen MR) is 125 cm³/mol. The van der Waals surface area contributed by atoms with Crippen LogP contribution >= 0.6 is 0 Å². The van der Waals surface area contributed by atoms with Crippen LogP contribution in [0.4, 0.5) is 5.69 Å². The molecule has 0 radical (unpaired) electrons. The molecule has 0 saturated heterocycles. The predicted octanol–water partition coefficient (Wildman–Crippen LogP) is 5.15. The van der Waals surface area contributed by atoms with E-state index in [2.05, 4.69) is 11.6 Å². The van der Waals surface area contributed by atoms with Gasteiger partial charge in [-0.3, -0.25) is 4.72 Å². The van der Waals surface area contributed by atoms with E-state index in [1.807, 2.05) is 18.2 Å². The van der Waals surface area contributed by atoms with Gasteiger partial charge in [-0.15, -0.1) is 0 Å². The van der Waals surface area contributed by atoms with Gasteiger partial charge in [0.15, 0.2) is 0 Å². The van der Waals surface area contributed by atoms with Crippen LogP contribution in [0.5, 0.6) is 5.75 Å². The van der Waals surface area contributed by atoms with Crippen LogP contribution in [0.15, 0.2) is 77.7 Å². The highest BCUT2D eigenvalue weighted by Crippen LogP contribution is 2.21. The molecule has 0 aliphatic rings. The second kappa shape index (κ2) is 10.8. The first kappa shape index (κ1) is 23.3. The molecular formula is C25H27NO5S. The number of nitrogens with one attached hydrogen (secondary N) is 1. The van der Waals surface area contributed by atoms with Gasteiger partial charge in [-0.25, -0.2) is 13.2 Å². The van der Waals surface area contributed by atoms with E-state index < -0.39 is 16.0 Å². The highest BCUT2D eigenvalue weighted by molar-refractivity contribution is 7.92. The SMILES string of the molecule is CCCCOc1ccc(S(=O)(=O)Nc2cccc(CCc3ccc(C(=O)O)cc3)c2)cc1. The van der Waals surface area contributed by atoms with Crippen molar-refractivity contribution in [3.8, 4) is 5.75 Å². The zero-order chi connectivity index (χ0) is 23.0. The summed E-state index contributed by atoms with van der Waals surface area (Å²) in [4.78, 5) is 11.1. The van der Waals surface area contributed by atoms with Gasteiger partial charge in [0.05, 0.1) is 17.1 Å². The van der Waals surface area contributed by atoms with Gasteiger partial charge in [-0.1, -0.05) is 37.6 Å². The Morgan fingerprint density at radius 2 is 1.62 bits per heavy atom. The number of unbranched alkanes of at least 4 members (excludes halogenated alkanes) is 1. The summed E-state index contributed by atoms with van der Waals surface area (Å²) in [5, 5.41) is 8.98. The minimum absolute atomic E-state index is 0.171. The van der Waals surface area contributed by atoms with Gasteiger partial charge in [0.1, 0.15) is 5.75 Å². The van der Waals surface area contributed by atoms with E-state index in [1.54, 1.807) is 42.5 Å². The molecule has 3 aromatic carbocycles. The number of anilines is 1. The van der Waals surface area contributed by atoms with Crippen molar-refractivity contribution in [3.63, 3.8) is 0 Å². The molecule has 0 saturated carbocycles. The fourth-order valence-corrected chi connectivity index (χ4v) is 4.21. The maximum absolute atomic E-state index is 12.8. The van der Waals surface area contributed by atoms with Gasteiger partial charge in [-0.2, -0.15) is 0 Å². The van der Waals surface area contributed by atoms with Crippen molar-refractivity contribution in [1.29, 1.82) is 0 Å². The van der Waals surface area contributed by atoms with Crippen LogP contribution in [-0.4, -0.2) is 26.1 Å². The van der Waals surface area contributed by atoms with Gasteiger partial charge in [0.25, 0.3) is 10.0 Å². The average molecular weight is 454 g/mol. The van der Waals surface area contributed by atoms with Gasteiger partial charge in [0, 0.05) is 5.69 Å². The van der Waals surface area contributed by atoms with Crippen molar-refractivity contribution in [1.82, 2.24) is 0 Å². The summed E-state index contributed by atoms with van der Waals surface area (Å²) >= 11 is 0. The highest BCUT2D eigenvalue weighted by atomic mass is 32.2. The molecule has 3 aromatic rings. The van der Waals surface area contributed by atoms with Crippen molar-refractivity contribution >= 4 is 21.7 Å². The lowest BCUT2D eigenvalue weighted by Gasteiger charge is -2.11. The number of carbonyl (C=O) groups is 1. The summed E-state index contributed by atoms with van der Waals surface area (Å²) in [5.74, 6) is -0.300. The molecule has 0 spiro atoms. The Hall–Kier alpha value is -3.32. The Labute approximate surface area is 188 Å². The number of carboxylic acids is 1. The van der Waals surface area contributed by atoms with Gasteiger partial charge in [-0.05, 0) is 78.9 Å². The van der Waals surface area contributed by atoms with Crippen LogP contribution in [-0.2, 0) is 22.9 Å².